The summed E-state index contributed by atoms with van der Waals surface area (Å²) in [6.45, 7) is 0. The first-order chi connectivity index (χ1) is 20.0. The molecular formula is C35H22F2O4. The van der Waals surface area contributed by atoms with Crippen molar-refractivity contribution >= 4 is 33.5 Å². The van der Waals surface area contributed by atoms with Crippen LogP contribution in [0.4, 0.5) is 8.78 Å². The van der Waals surface area contributed by atoms with E-state index in [1.807, 2.05) is 60.7 Å². The lowest BCUT2D eigenvalue weighted by molar-refractivity contribution is 0.0720. The maximum atomic E-state index is 14.4. The van der Waals surface area contributed by atoms with E-state index in [2.05, 4.69) is 0 Å². The van der Waals surface area contributed by atoms with Gasteiger partial charge in [0, 0.05) is 17.5 Å². The maximum Gasteiger partial charge on any atom is 0.346 e. The quantitative estimate of drug-likeness (QED) is 0.156. The second kappa shape index (κ2) is 11.0. The highest BCUT2D eigenvalue weighted by Crippen LogP contribution is 2.37. The van der Waals surface area contributed by atoms with Crippen molar-refractivity contribution in [3.63, 3.8) is 0 Å². The van der Waals surface area contributed by atoms with Crippen LogP contribution >= 0.6 is 0 Å². The van der Waals surface area contributed by atoms with E-state index in [1.54, 1.807) is 24.3 Å². The Balaban J connectivity index is 1.48. The van der Waals surface area contributed by atoms with Crippen molar-refractivity contribution in [3.8, 4) is 11.5 Å². The van der Waals surface area contributed by atoms with Crippen LogP contribution in [-0.2, 0) is 6.42 Å². The molecule has 0 atom stereocenters. The zero-order valence-corrected chi connectivity index (χ0v) is 21.6. The normalized spacial score (nSPS) is 11.0. The Bertz CT molecular complexity index is 1810. The minimum absolute atomic E-state index is 0.184. The van der Waals surface area contributed by atoms with Gasteiger partial charge in [0.05, 0.1) is 11.1 Å². The Morgan fingerprint density at radius 3 is 1.32 bits per heavy atom. The van der Waals surface area contributed by atoms with Gasteiger partial charge in [0.25, 0.3) is 0 Å². The summed E-state index contributed by atoms with van der Waals surface area (Å²) in [5, 5.41) is 3.42. The number of esters is 2. The van der Waals surface area contributed by atoms with E-state index >= 15 is 0 Å². The SMILES string of the molecule is O=C(Oc1ccc2ccccc2c1Cc1c(OC(=O)c2ccccc2F)ccc2ccccc12)c1ccccc1F. The number of hydrogen-bond acceptors (Lipinski definition) is 4. The van der Waals surface area contributed by atoms with Crippen molar-refractivity contribution in [1.82, 2.24) is 0 Å². The third kappa shape index (κ3) is 5.15. The Morgan fingerprint density at radius 2 is 0.878 bits per heavy atom. The summed E-state index contributed by atoms with van der Waals surface area (Å²) < 4.78 is 40.3. The molecule has 0 radical (unpaired) electrons. The molecule has 0 saturated carbocycles. The van der Waals surface area contributed by atoms with Crippen molar-refractivity contribution in [2.45, 2.75) is 6.42 Å². The van der Waals surface area contributed by atoms with Gasteiger partial charge < -0.3 is 9.47 Å². The Kier molecular flexibility index (Phi) is 6.96. The van der Waals surface area contributed by atoms with Gasteiger partial charge in [-0.3, -0.25) is 0 Å². The number of halogens is 2. The largest absolute Gasteiger partial charge is 0.423 e. The number of carbonyl (C=O) groups excluding carboxylic acids is 2. The van der Waals surface area contributed by atoms with E-state index in [4.69, 9.17) is 9.47 Å². The van der Waals surface area contributed by atoms with Crippen LogP contribution in [0.3, 0.4) is 0 Å². The highest BCUT2D eigenvalue weighted by molar-refractivity contribution is 5.96. The Labute approximate surface area is 234 Å². The van der Waals surface area contributed by atoms with Crippen LogP contribution in [0.2, 0.25) is 0 Å². The third-order valence-electron chi connectivity index (χ3n) is 6.94. The summed E-state index contributed by atoms with van der Waals surface area (Å²) in [5.74, 6) is -2.53. The summed E-state index contributed by atoms with van der Waals surface area (Å²) >= 11 is 0. The molecule has 0 aliphatic heterocycles. The summed E-state index contributed by atoms with van der Waals surface area (Å²) in [4.78, 5) is 26.0. The van der Waals surface area contributed by atoms with Crippen molar-refractivity contribution in [1.29, 1.82) is 0 Å². The van der Waals surface area contributed by atoms with Crippen LogP contribution in [0, 0.1) is 11.6 Å². The molecular weight excluding hydrogens is 522 g/mol. The summed E-state index contributed by atoms with van der Waals surface area (Å²) in [6, 6.07) is 33.5. The highest BCUT2D eigenvalue weighted by Gasteiger charge is 2.21. The van der Waals surface area contributed by atoms with Crippen LogP contribution in [0.1, 0.15) is 31.8 Å². The van der Waals surface area contributed by atoms with Gasteiger partial charge in [-0.1, -0.05) is 84.9 Å². The molecule has 41 heavy (non-hydrogen) atoms. The topological polar surface area (TPSA) is 52.6 Å². The van der Waals surface area contributed by atoms with Crippen molar-refractivity contribution < 1.29 is 27.8 Å². The van der Waals surface area contributed by atoms with Gasteiger partial charge in [-0.15, -0.1) is 0 Å². The lowest BCUT2D eigenvalue weighted by Crippen LogP contribution is -2.13. The second-order valence-corrected chi connectivity index (χ2v) is 9.44. The van der Waals surface area contributed by atoms with Gasteiger partial charge >= 0.3 is 11.9 Å². The molecule has 0 aliphatic rings. The Morgan fingerprint density at radius 1 is 0.488 bits per heavy atom. The zero-order valence-electron chi connectivity index (χ0n) is 21.6. The predicted octanol–water partition coefficient (Wildman–Crippen LogP) is 8.30. The Hall–Kier alpha value is -5.36. The molecule has 200 valence electrons. The van der Waals surface area contributed by atoms with Crippen molar-refractivity contribution in [2.75, 3.05) is 0 Å². The third-order valence-corrected chi connectivity index (χ3v) is 6.94. The van der Waals surface area contributed by atoms with Crippen LogP contribution in [0.25, 0.3) is 21.5 Å². The summed E-state index contributed by atoms with van der Waals surface area (Å²) in [6.07, 6.45) is 0.197. The maximum absolute atomic E-state index is 14.4. The summed E-state index contributed by atoms with van der Waals surface area (Å²) in [7, 11) is 0. The molecule has 6 rings (SSSR count). The van der Waals surface area contributed by atoms with Gasteiger partial charge in [-0.25, -0.2) is 18.4 Å². The average molecular weight is 545 g/mol. The number of hydrogen-bond donors (Lipinski definition) is 0. The molecule has 0 N–H and O–H groups in total. The van der Waals surface area contributed by atoms with E-state index in [1.165, 1.54) is 36.4 Å². The van der Waals surface area contributed by atoms with Crippen LogP contribution in [0.15, 0.2) is 121 Å². The molecule has 0 bridgehead atoms. The lowest BCUT2D eigenvalue weighted by atomic mass is 9.93. The molecule has 0 fully saturated rings. The fourth-order valence-corrected chi connectivity index (χ4v) is 4.93. The average Bonchev–Trinajstić information content (AvgIpc) is 2.99. The van der Waals surface area contributed by atoms with Gasteiger partial charge in [0.2, 0.25) is 0 Å². The smallest absolute Gasteiger partial charge is 0.346 e. The molecule has 0 amide bonds. The number of carbonyl (C=O) groups is 2. The molecule has 0 spiro atoms. The van der Waals surface area contributed by atoms with Crippen molar-refractivity contribution in [3.05, 3.63) is 155 Å². The van der Waals surface area contributed by atoms with Crippen LogP contribution in [-0.4, -0.2) is 11.9 Å². The molecule has 6 heteroatoms. The first-order valence-electron chi connectivity index (χ1n) is 12.9. The highest BCUT2D eigenvalue weighted by atomic mass is 19.1. The monoisotopic (exact) mass is 544 g/mol. The van der Waals surface area contributed by atoms with E-state index < -0.39 is 23.6 Å². The molecule has 6 aromatic carbocycles. The summed E-state index contributed by atoms with van der Waals surface area (Å²) in [5.41, 5.74) is 0.923. The number of rotatable bonds is 6. The molecule has 4 nitrogen and oxygen atoms in total. The van der Waals surface area contributed by atoms with E-state index in [0.29, 0.717) is 11.1 Å². The fraction of sp³-hybridized carbons (Fsp3) is 0.0286. The van der Waals surface area contributed by atoms with Crippen LogP contribution < -0.4 is 9.47 Å². The molecule has 0 heterocycles. The predicted molar refractivity (Wildman–Crippen MR) is 153 cm³/mol. The standard InChI is InChI=1S/C35H22F2O4/c36-30-15-7-5-13-26(30)34(38)40-32-19-17-22-9-1-3-11-24(22)28(32)21-29-25-12-4-2-10-23(25)18-20-33(29)41-35(39)27-14-6-8-16-31(27)37/h1-20H,21H2. The zero-order chi connectivity index (χ0) is 28.3. The van der Waals surface area contributed by atoms with Crippen molar-refractivity contribution in [2.24, 2.45) is 0 Å². The van der Waals surface area contributed by atoms with E-state index in [-0.39, 0.29) is 29.0 Å². The molecule has 0 aliphatic carbocycles. The van der Waals surface area contributed by atoms with Crippen LogP contribution in [0.5, 0.6) is 11.5 Å². The lowest BCUT2D eigenvalue weighted by Gasteiger charge is -2.17. The minimum Gasteiger partial charge on any atom is -0.423 e. The van der Waals surface area contributed by atoms with E-state index in [0.717, 1.165) is 21.5 Å². The molecule has 0 unspecified atom stereocenters. The minimum atomic E-state index is -0.830. The van der Waals surface area contributed by atoms with Gasteiger partial charge in [0.15, 0.2) is 0 Å². The molecule has 6 aromatic rings. The van der Waals surface area contributed by atoms with Gasteiger partial charge in [-0.05, 0) is 57.9 Å². The first kappa shape index (κ1) is 25.9. The van der Waals surface area contributed by atoms with Gasteiger partial charge in [0.1, 0.15) is 23.1 Å². The number of fused-ring (bicyclic) bond motifs is 2. The fourth-order valence-electron chi connectivity index (χ4n) is 4.93. The molecule has 0 aromatic heterocycles. The number of ether oxygens (including phenoxy) is 2. The number of benzene rings is 6. The second-order valence-electron chi connectivity index (χ2n) is 9.44. The molecule has 0 saturated heterocycles. The van der Waals surface area contributed by atoms with E-state index in [9.17, 15) is 18.4 Å². The first-order valence-corrected chi connectivity index (χ1v) is 12.9. The van der Waals surface area contributed by atoms with Gasteiger partial charge in [-0.2, -0.15) is 0 Å².